The van der Waals surface area contributed by atoms with Gasteiger partial charge in [-0.3, -0.25) is 4.21 Å². The van der Waals surface area contributed by atoms with Gasteiger partial charge in [-0.1, -0.05) is 41.9 Å². The maximum atomic E-state index is 11.3. The van der Waals surface area contributed by atoms with Crippen LogP contribution in [0, 0.1) is 0 Å². The average molecular weight is 318 g/mol. The topological polar surface area (TPSA) is 29.1 Å². The standard InChI is InChI=1S/C13H20BrNOS/c1-3-13(15-9-10-17(16)4-2)11-5-7-12(14)8-6-11/h5-8,13,15H,3-4,9-10H2,1-2H3. The molecule has 2 unspecified atom stereocenters. The Morgan fingerprint density at radius 3 is 2.47 bits per heavy atom. The lowest BCUT2D eigenvalue weighted by Gasteiger charge is -2.17. The van der Waals surface area contributed by atoms with E-state index in [1.54, 1.807) is 0 Å². The first-order chi connectivity index (χ1) is 8.17. The summed E-state index contributed by atoms with van der Waals surface area (Å²) < 4.78 is 12.4. The Kier molecular flexibility index (Phi) is 7.00. The summed E-state index contributed by atoms with van der Waals surface area (Å²) in [5.41, 5.74) is 1.29. The Morgan fingerprint density at radius 2 is 1.94 bits per heavy atom. The van der Waals surface area contributed by atoms with Gasteiger partial charge in [0, 0.05) is 39.4 Å². The van der Waals surface area contributed by atoms with Crippen molar-refractivity contribution >= 4 is 26.7 Å². The molecule has 1 N–H and O–H groups in total. The number of hydrogen-bond acceptors (Lipinski definition) is 2. The van der Waals surface area contributed by atoms with Crippen LogP contribution in [0.3, 0.4) is 0 Å². The molecular formula is C13H20BrNOS. The van der Waals surface area contributed by atoms with Crippen LogP contribution in [0.5, 0.6) is 0 Å². The molecule has 4 heteroatoms. The molecule has 1 aromatic carbocycles. The summed E-state index contributed by atoms with van der Waals surface area (Å²) in [7, 11) is -0.675. The summed E-state index contributed by atoms with van der Waals surface area (Å²) in [5.74, 6) is 1.49. The number of halogens is 1. The van der Waals surface area contributed by atoms with Gasteiger partial charge < -0.3 is 5.32 Å². The maximum absolute atomic E-state index is 11.3. The van der Waals surface area contributed by atoms with Gasteiger partial charge in [-0.2, -0.15) is 0 Å². The molecule has 2 nitrogen and oxygen atoms in total. The van der Waals surface area contributed by atoms with Gasteiger partial charge in [-0.25, -0.2) is 0 Å². The number of benzene rings is 1. The monoisotopic (exact) mass is 317 g/mol. The van der Waals surface area contributed by atoms with Crippen molar-refractivity contribution in [2.24, 2.45) is 0 Å². The second-order valence-electron chi connectivity index (χ2n) is 3.90. The van der Waals surface area contributed by atoms with E-state index < -0.39 is 10.8 Å². The summed E-state index contributed by atoms with van der Waals surface area (Å²) in [6, 6.07) is 8.73. The SMILES string of the molecule is CCC(NCCS(=O)CC)c1ccc(Br)cc1. The van der Waals surface area contributed by atoms with Crippen LogP contribution in [0.15, 0.2) is 28.7 Å². The Labute approximate surface area is 115 Å². The minimum atomic E-state index is -0.675. The van der Waals surface area contributed by atoms with Crippen LogP contribution in [-0.4, -0.2) is 22.3 Å². The zero-order valence-electron chi connectivity index (χ0n) is 10.4. The van der Waals surface area contributed by atoms with Crippen molar-refractivity contribution in [1.82, 2.24) is 5.32 Å². The Hall–Kier alpha value is -0.190. The largest absolute Gasteiger partial charge is 0.309 e. The molecule has 2 atom stereocenters. The third kappa shape index (κ3) is 5.32. The molecule has 0 amide bonds. The first-order valence-corrected chi connectivity index (χ1v) is 8.29. The molecule has 0 spiro atoms. The molecule has 0 aromatic heterocycles. The smallest absolute Gasteiger partial charge is 0.0360 e. The van der Waals surface area contributed by atoms with Crippen LogP contribution in [0.25, 0.3) is 0 Å². The van der Waals surface area contributed by atoms with Crippen LogP contribution in [0.1, 0.15) is 31.9 Å². The maximum Gasteiger partial charge on any atom is 0.0360 e. The van der Waals surface area contributed by atoms with Crippen molar-refractivity contribution in [1.29, 1.82) is 0 Å². The highest BCUT2D eigenvalue weighted by Gasteiger charge is 2.08. The van der Waals surface area contributed by atoms with E-state index >= 15 is 0 Å². The van der Waals surface area contributed by atoms with Gasteiger partial charge in [0.1, 0.15) is 0 Å². The Balaban J connectivity index is 2.48. The predicted octanol–water partition coefficient (Wildman–Crippen LogP) is 3.26. The fourth-order valence-corrected chi connectivity index (χ4v) is 2.58. The lowest BCUT2D eigenvalue weighted by Crippen LogP contribution is -2.25. The fourth-order valence-electron chi connectivity index (χ4n) is 1.68. The van der Waals surface area contributed by atoms with Crippen molar-refractivity contribution in [2.45, 2.75) is 26.3 Å². The molecule has 0 aliphatic heterocycles. The second-order valence-corrected chi connectivity index (χ2v) is 6.68. The van der Waals surface area contributed by atoms with Crippen molar-refractivity contribution < 1.29 is 4.21 Å². The average Bonchev–Trinajstić information content (AvgIpc) is 2.35. The van der Waals surface area contributed by atoms with Crippen molar-refractivity contribution in [3.05, 3.63) is 34.3 Å². The molecule has 0 bridgehead atoms. The van der Waals surface area contributed by atoms with Crippen LogP contribution < -0.4 is 5.32 Å². The molecular weight excluding hydrogens is 298 g/mol. The molecule has 17 heavy (non-hydrogen) atoms. The third-order valence-electron chi connectivity index (χ3n) is 2.72. The molecule has 0 saturated carbocycles. The highest BCUT2D eigenvalue weighted by Crippen LogP contribution is 2.19. The lowest BCUT2D eigenvalue weighted by molar-refractivity contribution is 0.537. The third-order valence-corrected chi connectivity index (χ3v) is 4.56. The van der Waals surface area contributed by atoms with Crippen LogP contribution >= 0.6 is 15.9 Å². The molecule has 0 heterocycles. The molecule has 0 saturated heterocycles. The molecule has 96 valence electrons. The lowest BCUT2D eigenvalue weighted by atomic mass is 10.1. The number of nitrogens with one attached hydrogen (secondary N) is 1. The van der Waals surface area contributed by atoms with E-state index in [0.717, 1.165) is 28.9 Å². The molecule has 0 radical (unpaired) electrons. The van der Waals surface area contributed by atoms with E-state index in [4.69, 9.17) is 0 Å². The minimum absolute atomic E-state index is 0.358. The van der Waals surface area contributed by atoms with Crippen molar-refractivity contribution in [2.75, 3.05) is 18.1 Å². The number of hydrogen-bond donors (Lipinski definition) is 1. The molecule has 1 aromatic rings. The van der Waals surface area contributed by atoms with E-state index in [1.165, 1.54) is 5.56 Å². The van der Waals surface area contributed by atoms with E-state index in [-0.39, 0.29) is 0 Å². The summed E-state index contributed by atoms with van der Waals surface area (Å²) in [4.78, 5) is 0. The van der Waals surface area contributed by atoms with E-state index in [1.807, 2.05) is 6.92 Å². The normalized spacial score (nSPS) is 14.5. The fraction of sp³-hybridized carbons (Fsp3) is 0.538. The van der Waals surface area contributed by atoms with Gasteiger partial charge in [0.2, 0.25) is 0 Å². The Morgan fingerprint density at radius 1 is 1.29 bits per heavy atom. The quantitative estimate of drug-likeness (QED) is 0.836. The van der Waals surface area contributed by atoms with Gasteiger partial charge in [-0.05, 0) is 24.1 Å². The summed E-state index contributed by atoms with van der Waals surface area (Å²) in [5, 5.41) is 3.46. The first-order valence-electron chi connectivity index (χ1n) is 6.01. The highest BCUT2D eigenvalue weighted by molar-refractivity contribution is 9.10. The summed E-state index contributed by atoms with van der Waals surface area (Å²) in [6.07, 6.45) is 1.04. The van der Waals surface area contributed by atoms with E-state index in [0.29, 0.717) is 6.04 Å². The molecule has 0 fully saturated rings. The van der Waals surface area contributed by atoms with Crippen LogP contribution in [0.2, 0.25) is 0 Å². The molecule has 0 aliphatic rings. The van der Waals surface area contributed by atoms with E-state index in [9.17, 15) is 4.21 Å². The van der Waals surface area contributed by atoms with E-state index in [2.05, 4.69) is 52.4 Å². The molecule has 0 aliphatic carbocycles. The molecule has 1 rings (SSSR count). The first kappa shape index (κ1) is 14.9. The minimum Gasteiger partial charge on any atom is -0.309 e. The van der Waals surface area contributed by atoms with Gasteiger partial charge in [0.15, 0.2) is 0 Å². The van der Waals surface area contributed by atoms with Crippen molar-refractivity contribution in [3.63, 3.8) is 0 Å². The Bertz CT molecular complexity index is 353. The van der Waals surface area contributed by atoms with Gasteiger partial charge in [0.25, 0.3) is 0 Å². The van der Waals surface area contributed by atoms with Gasteiger partial charge >= 0.3 is 0 Å². The highest BCUT2D eigenvalue weighted by atomic mass is 79.9. The van der Waals surface area contributed by atoms with Crippen LogP contribution in [-0.2, 0) is 10.8 Å². The predicted molar refractivity (Wildman–Crippen MR) is 78.7 cm³/mol. The summed E-state index contributed by atoms with van der Waals surface area (Å²) in [6.45, 7) is 4.94. The summed E-state index contributed by atoms with van der Waals surface area (Å²) >= 11 is 3.44. The van der Waals surface area contributed by atoms with Crippen LogP contribution in [0.4, 0.5) is 0 Å². The second kappa shape index (κ2) is 8.01. The van der Waals surface area contributed by atoms with Gasteiger partial charge in [0.05, 0.1) is 0 Å². The zero-order chi connectivity index (χ0) is 12.7. The van der Waals surface area contributed by atoms with Crippen molar-refractivity contribution in [3.8, 4) is 0 Å². The number of rotatable bonds is 7. The van der Waals surface area contributed by atoms with Gasteiger partial charge in [-0.15, -0.1) is 0 Å². The zero-order valence-corrected chi connectivity index (χ0v) is 12.8.